The molecule has 2 aromatic carbocycles. The molecule has 0 aliphatic carbocycles. The third-order valence-corrected chi connectivity index (χ3v) is 5.81. The summed E-state index contributed by atoms with van der Waals surface area (Å²) < 4.78 is 11.1. The fraction of sp³-hybridized carbons (Fsp3) is 0.182. The number of benzene rings is 2. The van der Waals surface area contributed by atoms with Crippen LogP contribution in [0.25, 0.3) is 6.08 Å². The highest BCUT2D eigenvalue weighted by molar-refractivity contribution is 8.26. The van der Waals surface area contributed by atoms with Crippen LogP contribution in [0.3, 0.4) is 0 Å². The number of carbonyl (C=O) groups is 3. The minimum atomic E-state index is -1.14. The number of methoxy groups -OCH3 is 1. The molecule has 0 spiro atoms. The number of carboxylic acids is 1. The summed E-state index contributed by atoms with van der Waals surface area (Å²) in [6.45, 7) is 1.20. The number of anilines is 1. The molecule has 1 heterocycles. The molecular formula is C22H20N2O6S2. The van der Waals surface area contributed by atoms with Gasteiger partial charge in [-0.25, -0.2) is 0 Å². The SMILES string of the molecule is COc1cc(/C=C2/SC(=S)N(CC(=O)O)C2=O)ccc1OCC(=O)Nc1ccccc1C. The molecule has 2 aromatic rings. The van der Waals surface area contributed by atoms with Crippen LogP contribution in [0.4, 0.5) is 5.69 Å². The van der Waals surface area contributed by atoms with E-state index in [-0.39, 0.29) is 16.8 Å². The van der Waals surface area contributed by atoms with Gasteiger partial charge in [-0.3, -0.25) is 19.3 Å². The molecule has 8 nitrogen and oxygen atoms in total. The summed E-state index contributed by atoms with van der Waals surface area (Å²) in [7, 11) is 1.46. The van der Waals surface area contributed by atoms with E-state index in [2.05, 4.69) is 5.32 Å². The fourth-order valence-corrected chi connectivity index (χ4v) is 4.11. The molecule has 0 unspecified atom stereocenters. The molecule has 0 bridgehead atoms. The largest absolute Gasteiger partial charge is 0.493 e. The van der Waals surface area contributed by atoms with Crippen molar-refractivity contribution >= 4 is 57.8 Å². The minimum Gasteiger partial charge on any atom is -0.493 e. The number of thiocarbonyl (C=S) groups is 1. The van der Waals surface area contributed by atoms with Gasteiger partial charge in [-0.15, -0.1) is 0 Å². The van der Waals surface area contributed by atoms with E-state index in [4.69, 9.17) is 26.8 Å². The standard InChI is InChI=1S/C22H20N2O6S2/c1-13-5-3-4-6-15(13)23-19(25)12-30-16-8-7-14(9-17(16)29-2)10-18-21(28)24(11-20(26)27)22(31)32-18/h3-10H,11-12H2,1-2H3,(H,23,25)(H,26,27)/b18-10+. The van der Waals surface area contributed by atoms with E-state index in [9.17, 15) is 14.4 Å². The Balaban J connectivity index is 1.68. The summed E-state index contributed by atoms with van der Waals surface area (Å²) in [6.07, 6.45) is 1.60. The van der Waals surface area contributed by atoms with Crippen LogP contribution in [0.2, 0.25) is 0 Å². The normalized spacial score (nSPS) is 14.6. The molecular weight excluding hydrogens is 452 g/mol. The Hall–Kier alpha value is -3.37. The van der Waals surface area contributed by atoms with E-state index in [1.807, 2.05) is 31.2 Å². The Labute approximate surface area is 194 Å². The van der Waals surface area contributed by atoms with Crippen LogP contribution in [0, 0.1) is 6.92 Å². The maximum atomic E-state index is 12.4. The summed E-state index contributed by atoms with van der Waals surface area (Å²) in [6, 6.07) is 12.4. The van der Waals surface area contributed by atoms with Crippen molar-refractivity contribution < 1.29 is 29.0 Å². The lowest BCUT2D eigenvalue weighted by Crippen LogP contribution is -2.33. The highest BCUT2D eigenvalue weighted by Crippen LogP contribution is 2.34. The van der Waals surface area contributed by atoms with E-state index in [0.29, 0.717) is 27.7 Å². The van der Waals surface area contributed by atoms with Gasteiger partial charge in [0.25, 0.3) is 11.8 Å². The van der Waals surface area contributed by atoms with Gasteiger partial charge < -0.3 is 19.9 Å². The predicted octanol–water partition coefficient (Wildman–Crippen LogP) is 3.31. The number of carboxylic acid groups (broad SMARTS) is 1. The Morgan fingerprint density at radius 3 is 2.66 bits per heavy atom. The van der Waals surface area contributed by atoms with Crippen molar-refractivity contribution in [2.45, 2.75) is 6.92 Å². The highest BCUT2D eigenvalue weighted by Gasteiger charge is 2.33. The molecule has 1 fully saturated rings. The molecule has 0 saturated carbocycles. The summed E-state index contributed by atoms with van der Waals surface area (Å²) in [4.78, 5) is 36.9. The van der Waals surface area contributed by atoms with Gasteiger partial charge in [-0.2, -0.15) is 0 Å². The first kappa shape index (κ1) is 23.3. The monoisotopic (exact) mass is 472 g/mol. The zero-order valence-corrected chi connectivity index (χ0v) is 18.9. The smallest absolute Gasteiger partial charge is 0.323 e. The van der Waals surface area contributed by atoms with Crippen LogP contribution < -0.4 is 14.8 Å². The Morgan fingerprint density at radius 2 is 1.97 bits per heavy atom. The number of thioether (sulfide) groups is 1. The number of aryl methyl sites for hydroxylation is 1. The van der Waals surface area contributed by atoms with Crippen molar-refractivity contribution in [2.24, 2.45) is 0 Å². The number of nitrogens with zero attached hydrogens (tertiary/aromatic N) is 1. The van der Waals surface area contributed by atoms with E-state index in [1.165, 1.54) is 7.11 Å². The number of carbonyl (C=O) groups excluding carboxylic acids is 2. The second-order valence-electron chi connectivity index (χ2n) is 6.72. The second kappa shape index (κ2) is 10.3. The van der Waals surface area contributed by atoms with E-state index in [1.54, 1.807) is 24.3 Å². The van der Waals surface area contributed by atoms with Crippen molar-refractivity contribution in [1.82, 2.24) is 4.90 Å². The number of hydrogen-bond donors (Lipinski definition) is 2. The lowest BCUT2D eigenvalue weighted by Gasteiger charge is -2.12. The third-order valence-electron chi connectivity index (χ3n) is 4.43. The highest BCUT2D eigenvalue weighted by atomic mass is 32.2. The zero-order valence-electron chi connectivity index (χ0n) is 17.3. The first-order valence-electron chi connectivity index (χ1n) is 9.42. The maximum absolute atomic E-state index is 12.4. The summed E-state index contributed by atoms with van der Waals surface area (Å²) in [5.41, 5.74) is 2.29. The van der Waals surface area contributed by atoms with E-state index < -0.39 is 18.4 Å². The predicted molar refractivity (Wildman–Crippen MR) is 126 cm³/mol. The van der Waals surface area contributed by atoms with Crippen molar-refractivity contribution in [3.8, 4) is 11.5 Å². The number of amides is 2. The van der Waals surface area contributed by atoms with Gasteiger partial charge in [0.1, 0.15) is 10.9 Å². The molecule has 32 heavy (non-hydrogen) atoms. The van der Waals surface area contributed by atoms with Crippen LogP contribution in [-0.2, 0) is 14.4 Å². The number of aliphatic carboxylic acids is 1. The molecule has 3 rings (SSSR count). The molecule has 1 saturated heterocycles. The van der Waals surface area contributed by atoms with Crippen molar-refractivity contribution in [3.05, 3.63) is 58.5 Å². The average molecular weight is 473 g/mol. The molecule has 2 N–H and O–H groups in total. The molecule has 0 atom stereocenters. The average Bonchev–Trinajstić information content (AvgIpc) is 3.01. The van der Waals surface area contributed by atoms with Gasteiger partial charge in [0.05, 0.1) is 12.0 Å². The number of rotatable bonds is 8. The molecule has 1 aliphatic heterocycles. The van der Waals surface area contributed by atoms with Gasteiger partial charge in [0.15, 0.2) is 18.1 Å². The van der Waals surface area contributed by atoms with Crippen molar-refractivity contribution in [1.29, 1.82) is 0 Å². The van der Waals surface area contributed by atoms with Gasteiger partial charge >= 0.3 is 5.97 Å². The number of nitrogens with one attached hydrogen (secondary N) is 1. The fourth-order valence-electron chi connectivity index (χ4n) is 2.86. The molecule has 2 amide bonds. The molecule has 0 aromatic heterocycles. The first-order valence-corrected chi connectivity index (χ1v) is 10.6. The number of ether oxygens (including phenoxy) is 2. The summed E-state index contributed by atoms with van der Waals surface area (Å²) in [5.74, 6) is -1.18. The van der Waals surface area contributed by atoms with Gasteiger partial charge in [-0.1, -0.05) is 48.2 Å². The quantitative estimate of drug-likeness (QED) is 0.445. The summed E-state index contributed by atoms with van der Waals surface area (Å²) in [5, 5.41) is 11.7. The van der Waals surface area contributed by atoms with Crippen LogP contribution in [0.15, 0.2) is 47.4 Å². The first-order chi connectivity index (χ1) is 15.3. The lowest BCUT2D eigenvalue weighted by molar-refractivity contribution is -0.140. The van der Waals surface area contributed by atoms with Crippen LogP contribution >= 0.6 is 24.0 Å². The van der Waals surface area contributed by atoms with E-state index in [0.717, 1.165) is 22.2 Å². The Morgan fingerprint density at radius 1 is 1.22 bits per heavy atom. The van der Waals surface area contributed by atoms with Crippen molar-refractivity contribution in [3.63, 3.8) is 0 Å². The molecule has 0 radical (unpaired) electrons. The second-order valence-corrected chi connectivity index (χ2v) is 8.40. The number of para-hydroxylation sites is 1. The molecule has 166 valence electrons. The lowest BCUT2D eigenvalue weighted by atomic mass is 10.2. The van der Waals surface area contributed by atoms with E-state index >= 15 is 0 Å². The topological polar surface area (TPSA) is 105 Å². The van der Waals surface area contributed by atoms with Gasteiger partial charge in [0.2, 0.25) is 0 Å². The van der Waals surface area contributed by atoms with Crippen LogP contribution in [0.1, 0.15) is 11.1 Å². The van der Waals surface area contributed by atoms with Gasteiger partial charge in [0, 0.05) is 5.69 Å². The zero-order chi connectivity index (χ0) is 23.3. The third kappa shape index (κ3) is 5.65. The van der Waals surface area contributed by atoms with Gasteiger partial charge in [-0.05, 0) is 42.3 Å². The van der Waals surface area contributed by atoms with Crippen LogP contribution in [-0.4, -0.2) is 52.4 Å². The maximum Gasteiger partial charge on any atom is 0.323 e. The molecule has 1 aliphatic rings. The van der Waals surface area contributed by atoms with Crippen LogP contribution in [0.5, 0.6) is 11.5 Å². The molecule has 10 heteroatoms. The summed E-state index contributed by atoms with van der Waals surface area (Å²) >= 11 is 6.13. The minimum absolute atomic E-state index is 0.190. The van der Waals surface area contributed by atoms with Crippen molar-refractivity contribution in [2.75, 3.05) is 25.6 Å². The Bertz CT molecular complexity index is 1120. The number of hydrogen-bond acceptors (Lipinski definition) is 7. The Kier molecular flexibility index (Phi) is 7.49.